The molecule has 9 heteroatoms. The molecule has 1 aliphatic rings. The van der Waals surface area contributed by atoms with Crippen molar-refractivity contribution in [3.63, 3.8) is 0 Å². The van der Waals surface area contributed by atoms with Crippen molar-refractivity contribution >= 4 is 34.6 Å². The zero-order chi connectivity index (χ0) is 22.8. The van der Waals surface area contributed by atoms with Gasteiger partial charge in [-0.2, -0.15) is 10.2 Å². The summed E-state index contributed by atoms with van der Waals surface area (Å²) in [6.07, 6.45) is 9.13. The summed E-state index contributed by atoms with van der Waals surface area (Å²) in [4.78, 5) is 29.0. The number of nitrogens with zero attached hydrogens (tertiary/aromatic N) is 3. The van der Waals surface area contributed by atoms with Gasteiger partial charge in [0.15, 0.2) is 0 Å². The van der Waals surface area contributed by atoms with Crippen molar-refractivity contribution in [2.75, 3.05) is 5.32 Å². The number of nitrogens with two attached hydrogens (primary N) is 1. The van der Waals surface area contributed by atoms with Crippen LogP contribution < -0.4 is 16.5 Å². The molecule has 0 fully saturated rings. The zero-order valence-electron chi connectivity index (χ0n) is 18.6. The van der Waals surface area contributed by atoms with Crippen molar-refractivity contribution in [2.45, 2.75) is 45.6 Å². The Kier molecular flexibility index (Phi) is 6.09. The molecular formula is C23H29N7O2. The second kappa shape index (κ2) is 8.96. The Labute approximate surface area is 186 Å². The molecule has 0 spiro atoms. The van der Waals surface area contributed by atoms with E-state index in [0.717, 1.165) is 53.4 Å². The van der Waals surface area contributed by atoms with Crippen LogP contribution in [-0.2, 0) is 11.8 Å². The number of H-pyrrole nitrogens is 1. The molecule has 1 aromatic carbocycles. The van der Waals surface area contributed by atoms with E-state index in [4.69, 9.17) is 5.73 Å². The molecule has 1 aliphatic heterocycles. The Hall–Kier alpha value is -3.46. The van der Waals surface area contributed by atoms with E-state index in [2.05, 4.69) is 39.8 Å². The molecular weight excluding hydrogens is 406 g/mol. The molecule has 0 saturated carbocycles. The molecule has 2 aromatic heterocycles. The highest BCUT2D eigenvalue weighted by molar-refractivity contribution is 6.18. The second-order valence-electron chi connectivity index (χ2n) is 8.29. The fourth-order valence-corrected chi connectivity index (χ4v) is 4.28. The Bertz CT molecular complexity index is 1190. The lowest BCUT2D eigenvalue weighted by Gasteiger charge is -2.22. The van der Waals surface area contributed by atoms with E-state index in [1.54, 1.807) is 23.2 Å². The molecule has 2 amide bonds. The van der Waals surface area contributed by atoms with Gasteiger partial charge in [-0.05, 0) is 24.5 Å². The topological polar surface area (TPSA) is 130 Å². The van der Waals surface area contributed by atoms with Crippen molar-refractivity contribution in [1.29, 1.82) is 0 Å². The number of carbonyl (C=O) groups excluding carboxylic acids is 2. The van der Waals surface area contributed by atoms with Crippen molar-refractivity contribution in [3.05, 3.63) is 35.7 Å². The smallest absolute Gasteiger partial charge is 0.272 e. The lowest BCUT2D eigenvalue weighted by atomic mass is 9.91. The minimum atomic E-state index is -0.608. The summed E-state index contributed by atoms with van der Waals surface area (Å²) < 4.78 is 1.71. The summed E-state index contributed by atoms with van der Waals surface area (Å²) in [5, 5.41) is 12.0. The number of hydrogen-bond donors (Lipinski definition) is 4. The number of hydrazone groups is 1. The van der Waals surface area contributed by atoms with Gasteiger partial charge in [-0.15, -0.1) is 0 Å². The van der Waals surface area contributed by atoms with Crippen molar-refractivity contribution < 1.29 is 9.59 Å². The van der Waals surface area contributed by atoms with E-state index in [0.29, 0.717) is 11.3 Å². The van der Waals surface area contributed by atoms with Crippen molar-refractivity contribution in [1.82, 2.24) is 20.2 Å². The van der Waals surface area contributed by atoms with E-state index < -0.39 is 6.04 Å². The second-order valence-corrected chi connectivity index (χ2v) is 8.29. The van der Waals surface area contributed by atoms with E-state index in [-0.39, 0.29) is 17.7 Å². The number of carbonyl (C=O) groups is 2. The van der Waals surface area contributed by atoms with Crippen LogP contribution in [0.15, 0.2) is 29.6 Å². The van der Waals surface area contributed by atoms with Crippen molar-refractivity contribution in [2.24, 2.45) is 23.8 Å². The minimum absolute atomic E-state index is 0.117. The van der Waals surface area contributed by atoms with Gasteiger partial charge in [0.2, 0.25) is 5.91 Å². The Morgan fingerprint density at radius 2 is 2.12 bits per heavy atom. The first-order valence-electron chi connectivity index (χ1n) is 11.0. The summed E-state index contributed by atoms with van der Waals surface area (Å²) in [6, 6.07) is 2.89. The molecule has 5 N–H and O–H groups in total. The van der Waals surface area contributed by atoms with Gasteiger partial charge in [0.1, 0.15) is 0 Å². The van der Waals surface area contributed by atoms with Crippen LogP contribution in [0.3, 0.4) is 0 Å². The van der Waals surface area contributed by atoms with E-state index >= 15 is 0 Å². The molecule has 0 aliphatic carbocycles. The van der Waals surface area contributed by atoms with Gasteiger partial charge in [0.25, 0.3) is 5.91 Å². The Balaban J connectivity index is 1.71. The number of benzene rings is 1. The first kappa shape index (κ1) is 21.8. The first-order chi connectivity index (χ1) is 15.4. The van der Waals surface area contributed by atoms with Crippen LogP contribution in [0.25, 0.3) is 22.2 Å². The summed E-state index contributed by atoms with van der Waals surface area (Å²) >= 11 is 0. The van der Waals surface area contributed by atoms with Crippen LogP contribution in [0, 0.1) is 5.92 Å². The SMILES string of the molecule is CCCCC(CC)[C@@H](N)C(=O)Nc1cc2c3c(c(-c4cnn(C)c4)[nH]c3c1)C=NNC2=O. The highest BCUT2D eigenvalue weighted by Gasteiger charge is 2.25. The molecule has 0 saturated heterocycles. The normalized spacial score (nSPS) is 14.8. The average Bonchev–Trinajstić information content (AvgIpc) is 3.32. The third-order valence-electron chi connectivity index (χ3n) is 6.07. The van der Waals surface area contributed by atoms with E-state index in [1.807, 2.05) is 19.3 Å². The predicted octanol–water partition coefficient (Wildman–Crippen LogP) is 3.13. The fraction of sp³-hybridized carbons (Fsp3) is 0.391. The summed E-state index contributed by atoms with van der Waals surface area (Å²) in [6.45, 7) is 4.18. The van der Waals surface area contributed by atoms with Crippen LogP contribution in [0.4, 0.5) is 5.69 Å². The lowest BCUT2D eigenvalue weighted by Crippen LogP contribution is -2.41. The van der Waals surface area contributed by atoms with Crippen LogP contribution in [0.1, 0.15) is 55.5 Å². The van der Waals surface area contributed by atoms with E-state index in [9.17, 15) is 9.59 Å². The number of aryl methyl sites for hydroxylation is 1. The van der Waals surface area contributed by atoms with Crippen LogP contribution >= 0.6 is 0 Å². The summed E-state index contributed by atoms with van der Waals surface area (Å²) in [7, 11) is 1.84. The standard InChI is InChI=1S/C23H29N7O2/c1-4-6-7-13(5-2)20(24)23(32)27-15-8-16-19-17(11-25-29-22(16)31)21(28-18(19)9-15)14-10-26-30(3)12-14/h8-13,20,28H,4-7,24H2,1-3H3,(H,27,32)(H,29,31)/t13?,20-/m1/s1. The maximum atomic E-state index is 12.9. The highest BCUT2D eigenvalue weighted by atomic mass is 16.2. The maximum Gasteiger partial charge on any atom is 0.272 e. The predicted molar refractivity (Wildman–Crippen MR) is 125 cm³/mol. The molecule has 168 valence electrons. The number of aromatic amines is 1. The van der Waals surface area contributed by atoms with Gasteiger partial charge >= 0.3 is 0 Å². The number of amides is 2. The average molecular weight is 436 g/mol. The van der Waals surface area contributed by atoms with Gasteiger partial charge in [0.05, 0.1) is 29.7 Å². The largest absolute Gasteiger partial charge is 0.354 e. The molecule has 32 heavy (non-hydrogen) atoms. The van der Waals surface area contributed by atoms with E-state index in [1.165, 1.54) is 0 Å². The molecule has 9 nitrogen and oxygen atoms in total. The van der Waals surface area contributed by atoms with Gasteiger partial charge in [-0.3, -0.25) is 14.3 Å². The number of unbranched alkanes of at least 4 members (excludes halogenated alkanes) is 1. The Morgan fingerprint density at radius 3 is 2.81 bits per heavy atom. The molecule has 2 atom stereocenters. The number of hydrogen-bond acceptors (Lipinski definition) is 5. The lowest BCUT2D eigenvalue weighted by molar-refractivity contribution is -0.118. The highest BCUT2D eigenvalue weighted by Crippen LogP contribution is 2.34. The van der Waals surface area contributed by atoms with Crippen molar-refractivity contribution in [3.8, 4) is 11.3 Å². The van der Waals surface area contributed by atoms with Gasteiger partial charge in [-0.1, -0.05) is 33.1 Å². The van der Waals surface area contributed by atoms with Crippen LogP contribution in [0.2, 0.25) is 0 Å². The molecule has 4 rings (SSSR count). The number of rotatable bonds is 8. The monoisotopic (exact) mass is 435 g/mol. The zero-order valence-corrected chi connectivity index (χ0v) is 18.6. The fourth-order valence-electron chi connectivity index (χ4n) is 4.28. The van der Waals surface area contributed by atoms with Crippen LogP contribution in [0.5, 0.6) is 0 Å². The number of aromatic nitrogens is 3. The third-order valence-corrected chi connectivity index (χ3v) is 6.07. The molecule has 3 aromatic rings. The maximum absolute atomic E-state index is 12.9. The third kappa shape index (κ3) is 4.03. The van der Waals surface area contributed by atoms with Gasteiger partial charge in [-0.25, -0.2) is 5.43 Å². The van der Waals surface area contributed by atoms with Gasteiger partial charge in [0, 0.05) is 41.0 Å². The summed E-state index contributed by atoms with van der Waals surface area (Å²) in [5.41, 5.74) is 13.0. The number of nitrogens with one attached hydrogen (secondary N) is 3. The number of anilines is 1. The Morgan fingerprint density at radius 1 is 1.31 bits per heavy atom. The molecule has 3 heterocycles. The quantitative estimate of drug-likeness (QED) is 0.433. The minimum Gasteiger partial charge on any atom is -0.354 e. The van der Waals surface area contributed by atoms with Crippen LogP contribution in [-0.4, -0.2) is 38.8 Å². The molecule has 0 radical (unpaired) electrons. The first-order valence-corrected chi connectivity index (χ1v) is 11.0. The van der Waals surface area contributed by atoms with Gasteiger partial charge < -0.3 is 16.0 Å². The molecule has 0 bridgehead atoms. The summed E-state index contributed by atoms with van der Waals surface area (Å²) in [5.74, 6) is -0.466. The molecule has 1 unspecified atom stereocenters.